The van der Waals surface area contributed by atoms with Crippen molar-refractivity contribution >= 4 is 44.6 Å². The van der Waals surface area contributed by atoms with Gasteiger partial charge in [-0.2, -0.15) is 4.31 Å². The zero-order valence-electron chi connectivity index (χ0n) is 12.3. The Morgan fingerprint density at radius 2 is 1.70 bits per heavy atom. The van der Waals surface area contributed by atoms with Crippen LogP contribution in [0.15, 0.2) is 41.3 Å². The van der Waals surface area contributed by atoms with Gasteiger partial charge in [0.15, 0.2) is 0 Å². The Morgan fingerprint density at radius 3 is 2.30 bits per heavy atom. The Balaban J connectivity index is 1.65. The van der Waals surface area contributed by atoms with E-state index in [2.05, 4.69) is 4.90 Å². The molecule has 0 bridgehead atoms. The van der Waals surface area contributed by atoms with E-state index in [0.29, 0.717) is 26.2 Å². The SMILES string of the molecule is O=S(=O)(c1ccccc1Cl)N1CCN(Cc2ccc(Cl)s2)CC1. The second kappa shape index (κ2) is 7.09. The van der Waals surface area contributed by atoms with Crippen molar-refractivity contribution < 1.29 is 8.42 Å². The van der Waals surface area contributed by atoms with Crippen LogP contribution < -0.4 is 0 Å². The van der Waals surface area contributed by atoms with Gasteiger partial charge in [0, 0.05) is 37.6 Å². The molecule has 0 unspecified atom stereocenters. The number of benzene rings is 1. The van der Waals surface area contributed by atoms with Gasteiger partial charge in [-0.3, -0.25) is 4.90 Å². The van der Waals surface area contributed by atoms with Gasteiger partial charge in [-0.1, -0.05) is 35.3 Å². The smallest absolute Gasteiger partial charge is 0.244 e. The van der Waals surface area contributed by atoms with Crippen LogP contribution in [-0.4, -0.2) is 43.8 Å². The van der Waals surface area contributed by atoms with Crippen LogP contribution in [-0.2, 0) is 16.6 Å². The van der Waals surface area contributed by atoms with E-state index in [9.17, 15) is 8.42 Å². The normalized spacial score (nSPS) is 17.5. The van der Waals surface area contributed by atoms with Crippen molar-refractivity contribution in [1.82, 2.24) is 9.21 Å². The minimum atomic E-state index is -3.53. The van der Waals surface area contributed by atoms with E-state index in [4.69, 9.17) is 23.2 Å². The van der Waals surface area contributed by atoms with Crippen LogP contribution in [0.25, 0.3) is 0 Å². The molecule has 0 N–H and O–H groups in total. The molecule has 1 aromatic carbocycles. The van der Waals surface area contributed by atoms with Crippen molar-refractivity contribution in [2.45, 2.75) is 11.4 Å². The Morgan fingerprint density at radius 1 is 1.00 bits per heavy atom. The number of hydrogen-bond donors (Lipinski definition) is 0. The molecule has 4 nitrogen and oxygen atoms in total. The summed E-state index contributed by atoms with van der Waals surface area (Å²) in [6.45, 7) is 3.12. The molecule has 8 heteroatoms. The van der Waals surface area contributed by atoms with E-state index in [1.807, 2.05) is 12.1 Å². The van der Waals surface area contributed by atoms with Crippen LogP contribution in [0.5, 0.6) is 0 Å². The summed E-state index contributed by atoms with van der Waals surface area (Å²) >= 11 is 13.5. The summed E-state index contributed by atoms with van der Waals surface area (Å²) in [5.74, 6) is 0. The maximum Gasteiger partial charge on any atom is 0.244 e. The van der Waals surface area contributed by atoms with E-state index >= 15 is 0 Å². The van der Waals surface area contributed by atoms with Gasteiger partial charge in [0.25, 0.3) is 0 Å². The number of nitrogens with zero attached hydrogens (tertiary/aromatic N) is 2. The number of thiophene rings is 1. The van der Waals surface area contributed by atoms with E-state index in [1.165, 1.54) is 9.18 Å². The molecule has 2 aromatic rings. The number of hydrogen-bond acceptors (Lipinski definition) is 4. The molecule has 124 valence electrons. The quantitative estimate of drug-likeness (QED) is 0.800. The lowest BCUT2D eigenvalue weighted by molar-refractivity contribution is 0.183. The fourth-order valence-corrected chi connectivity index (χ4v) is 5.62. The van der Waals surface area contributed by atoms with Gasteiger partial charge in [-0.15, -0.1) is 11.3 Å². The molecule has 0 spiro atoms. The van der Waals surface area contributed by atoms with Crippen LogP contribution in [0.4, 0.5) is 0 Å². The third-order valence-electron chi connectivity index (χ3n) is 3.79. The Kier molecular flexibility index (Phi) is 5.30. The maximum absolute atomic E-state index is 12.7. The van der Waals surface area contributed by atoms with Crippen LogP contribution in [0.2, 0.25) is 9.36 Å². The molecule has 1 aromatic heterocycles. The zero-order chi connectivity index (χ0) is 16.4. The van der Waals surface area contributed by atoms with Crippen LogP contribution in [0, 0.1) is 0 Å². The molecule has 1 fully saturated rings. The number of piperazine rings is 1. The highest BCUT2D eigenvalue weighted by Crippen LogP contribution is 2.26. The number of halogens is 2. The fourth-order valence-electron chi connectivity index (χ4n) is 2.58. The summed E-state index contributed by atoms with van der Waals surface area (Å²) < 4.78 is 27.7. The summed E-state index contributed by atoms with van der Waals surface area (Å²) in [5, 5.41) is 0.267. The van der Waals surface area contributed by atoms with Gasteiger partial charge in [0.1, 0.15) is 4.90 Å². The Labute approximate surface area is 150 Å². The van der Waals surface area contributed by atoms with E-state index in [0.717, 1.165) is 10.9 Å². The Hall–Kier alpha value is -0.630. The van der Waals surface area contributed by atoms with Crippen LogP contribution >= 0.6 is 34.5 Å². The van der Waals surface area contributed by atoms with Gasteiger partial charge in [0.05, 0.1) is 9.36 Å². The highest BCUT2D eigenvalue weighted by atomic mass is 35.5. The van der Waals surface area contributed by atoms with Gasteiger partial charge in [-0.25, -0.2) is 8.42 Å². The summed E-state index contributed by atoms with van der Waals surface area (Å²) in [5.41, 5.74) is 0. The average molecular weight is 391 g/mol. The maximum atomic E-state index is 12.7. The van der Waals surface area contributed by atoms with Gasteiger partial charge in [-0.05, 0) is 24.3 Å². The molecular formula is C15H16Cl2N2O2S2. The van der Waals surface area contributed by atoms with Crippen molar-refractivity contribution in [3.8, 4) is 0 Å². The molecule has 1 saturated heterocycles. The molecule has 0 atom stereocenters. The highest BCUT2D eigenvalue weighted by Gasteiger charge is 2.29. The summed E-state index contributed by atoms with van der Waals surface area (Å²) in [6, 6.07) is 10.5. The minimum Gasteiger partial charge on any atom is -0.296 e. The first-order valence-corrected chi connectivity index (χ1v) is 10.2. The van der Waals surface area contributed by atoms with E-state index in [-0.39, 0.29) is 9.92 Å². The fraction of sp³-hybridized carbons (Fsp3) is 0.333. The molecule has 23 heavy (non-hydrogen) atoms. The van der Waals surface area contributed by atoms with Crippen molar-refractivity contribution in [1.29, 1.82) is 0 Å². The average Bonchev–Trinajstić information content (AvgIpc) is 2.93. The highest BCUT2D eigenvalue weighted by molar-refractivity contribution is 7.89. The van der Waals surface area contributed by atoms with E-state index < -0.39 is 10.0 Å². The second-order valence-electron chi connectivity index (χ2n) is 5.32. The Bertz CT molecular complexity index is 784. The van der Waals surface area contributed by atoms with Crippen molar-refractivity contribution in [2.75, 3.05) is 26.2 Å². The lowest BCUT2D eigenvalue weighted by Crippen LogP contribution is -2.48. The molecule has 0 radical (unpaired) electrons. The number of rotatable bonds is 4. The molecule has 0 saturated carbocycles. The van der Waals surface area contributed by atoms with Crippen molar-refractivity contribution in [3.05, 3.63) is 50.6 Å². The first-order valence-electron chi connectivity index (χ1n) is 7.18. The molecular weight excluding hydrogens is 375 g/mol. The van der Waals surface area contributed by atoms with Gasteiger partial charge in [0.2, 0.25) is 10.0 Å². The predicted octanol–water partition coefficient (Wildman–Crippen LogP) is 3.56. The van der Waals surface area contributed by atoms with Crippen LogP contribution in [0.1, 0.15) is 4.88 Å². The first kappa shape index (κ1) is 17.2. The monoisotopic (exact) mass is 390 g/mol. The number of sulfonamides is 1. The largest absolute Gasteiger partial charge is 0.296 e. The molecule has 0 amide bonds. The summed E-state index contributed by atoms with van der Waals surface area (Å²) in [6.07, 6.45) is 0. The molecule has 1 aliphatic heterocycles. The van der Waals surface area contributed by atoms with E-state index in [1.54, 1.807) is 35.6 Å². The standard InChI is InChI=1S/C15H16Cl2N2O2S2/c16-13-3-1-2-4-14(13)23(20,21)19-9-7-18(8-10-19)11-12-5-6-15(17)22-12/h1-6H,7-11H2. The topological polar surface area (TPSA) is 40.6 Å². The first-order chi connectivity index (χ1) is 11.0. The van der Waals surface area contributed by atoms with Crippen molar-refractivity contribution in [3.63, 3.8) is 0 Å². The minimum absolute atomic E-state index is 0.181. The zero-order valence-corrected chi connectivity index (χ0v) is 15.4. The van der Waals surface area contributed by atoms with Crippen LogP contribution in [0.3, 0.4) is 0 Å². The van der Waals surface area contributed by atoms with Crippen molar-refractivity contribution in [2.24, 2.45) is 0 Å². The summed E-state index contributed by atoms with van der Waals surface area (Å²) in [4.78, 5) is 3.61. The molecule has 3 rings (SSSR count). The third kappa shape index (κ3) is 3.90. The molecule has 1 aliphatic rings. The lowest BCUT2D eigenvalue weighted by Gasteiger charge is -2.33. The molecule has 0 aliphatic carbocycles. The molecule has 2 heterocycles. The predicted molar refractivity (Wildman–Crippen MR) is 94.8 cm³/mol. The lowest BCUT2D eigenvalue weighted by atomic mass is 10.3. The summed E-state index contributed by atoms with van der Waals surface area (Å²) in [7, 11) is -3.53. The third-order valence-corrected chi connectivity index (χ3v) is 7.41. The van der Waals surface area contributed by atoms with Gasteiger partial charge >= 0.3 is 0 Å². The van der Waals surface area contributed by atoms with Gasteiger partial charge < -0.3 is 0 Å². The second-order valence-corrected chi connectivity index (χ2v) is 9.43.